The Kier molecular flexibility index (Phi) is 5.88. The van der Waals surface area contributed by atoms with Crippen LogP contribution < -0.4 is 4.74 Å². The molecule has 1 aromatic rings. The molecule has 2 atom stereocenters. The highest BCUT2D eigenvalue weighted by atomic mass is 16.5. The van der Waals surface area contributed by atoms with Crippen molar-refractivity contribution >= 4 is 0 Å². The van der Waals surface area contributed by atoms with Crippen LogP contribution in [0.4, 0.5) is 0 Å². The van der Waals surface area contributed by atoms with Crippen LogP contribution in [0, 0.1) is 17.2 Å². The zero-order chi connectivity index (χ0) is 14.2. The predicted molar refractivity (Wildman–Crippen MR) is 78.6 cm³/mol. The Morgan fingerprint density at radius 1 is 1.15 bits per heavy atom. The number of hydrogen-bond acceptors (Lipinski definition) is 3. The summed E-state index contributed by atoms with van der Waals surface area (Å²) in [5.41, 5.74) is 0.654. The van der Waals surface area contributed by atoms with E-state index in [0.717, 1.165) is 11.7 Å². The molecule has 0 aliphatic heterocycles. The molecule has 20 heavy (non-hydrogen) atoms. The molecule has 0 radical (unpaired) electrons. The number of nitriles is 1. The van der Waals surface area contributed by atoms with Gasteiger partial charge in [0.1, 0.15) is 12.4 Å². The van der Waals surface area contributed by atoms with Gasteiger partial charge in [0.2, 0.25) is 0 Å². The molecule has 0 aromatic heterocycles. The molecule has 0 saturated heterocycles. The van der Waals surface area contributed by atoms with Crippen molar-refractivity contribution in [1.29, 1.82) is 5.26 Å². The van der Waals surface area contributed by atoms with E-state index >= 15 is 0 Å². The van der Waals surface area contributed by atoms with Crippen LogP contribution >= 0.6 is 0 Å². The second kappa shape index (κ2) is 7.91. The van der Waals surface area contributed by atoms with Gasteiger partial charge in [0.05, 0.1) is 24.3 Å². The van der Waals surface area contributed by atoms with Crippen LogP contribution in [0.1, 0.15) is 44.6 Å². The van der Waals surface area contributed by atoms with Gasteiger partial charge in [0.15, 0.2) is 0 Å². The smallest absolute Gasteiger partial charge is 0.119 e. The van der Waals surface area contributed by atoms with Crippen molar-refractivity contribution in [1.82, 2.24) is 0 Å². The van der Waals surface area contributed by atoms with Crippen molar-refractivity contribution < 1.29 is 9.47 Å². The van der Waals surface area contributed by atoms with Crippen molar-refractivity contribution in [3.05, 3.63) is 29.8 Å². The Morgan fingerprint density at radius 2 is 1.90 bits per heavy atom. The second-order valence-corrected chi connectivity index (χ2v) is 5.35. The third-order valence-corrected chi connectivity index (χ3v) is 4.03. The normalized spacial score (nSPS) is 22.2. The number of nitrogens with zero attached hydrogens (tertiary/aromatic N) is 1. The zero-order valence-corrected chi connectivity index (χ0v) is 12.2. The van der Waals surface area contributed by atoms with E-state index in [1.807, 2.05) is 12.1 Å². The van der Waals surface area contributed by atoms with Gasteiger partial charge in [0, 0.05) is 0 Å². The zero-order valence-electron chi connectivity index (χ0n) is 12.2. The third kappa shape index (κ3) is 4.25. The summed E-state index contributed by atoms with van der Waals surface area (Å²) in [5.74, 6) is 1.52. The lowest BCUT2D eigenvalue weighted by Gasteiger charge is -2.30. The van der Waals surface area contributed by atoms with Crippen LogP contribution in [0.5, 0.6) is 5.75 Å². The maximum Gasteiger partial charge on any atom is 0.119 e. The van der Waals surface area contributed by atoms with Gasteiger partial charge < -0.3 is 9.47 Å². The van der Waals surface area contributed by atoms with Crippen molar-refractivity contribution in [3.63, 3.8) is 0 Å². The number of hydrogen-bond donors (Lipinski definition) is 0. The van der Waals surface area contributed by atoms with Crippen LogP contribution in [-0.2, 0) is 4.74 Å². The fourth-order valence-corrected chi connectivity index (χ4v) is 2.84. The first-order valence-electron chi connectivity index (χ1n) is 7.58. The Balaban J connectivity index is 1.69. The van der Waals surface area contributed by atoms with E-state index in [1.54, 1.807) is 12.1 Å². The molecule has 1 fully saturated rings. The average Bonchev–Trinajstić information content (AvgIpc) is 2.52. The standard InChI is InChI=1S/C17H23NO2/c1-2-15-5-3-4-6-17(15)20-12-11-19-16-9-7-14(13-18)8-10-16/h7-10,15,17H,2-6,11-12H2,1H3. The maximum atomic E-state index is 8.72. The molecule has 2 rings (SSSR count). The first-order chi connectivity index (χ1) is 9.83. The molecule has 2 unspecified atom stereocenters. The van der Waals surface area contributed by atoms with Crippen molar-refractivity contribution in [2.75, 3.05) is 13.2 Å². The Labute approximate surface area is 121 Å². The average molecular weight is 273 g/mol. The fraction of sp³-hybridized carbons (Fsp3) is 0.588. The summed E-state index contributed by atoms with van der Waals surface area (Å²) in [6.07, 6.45) is 6.75. The highest BCUT2D eigenvalue weighted by Crippen LogP contribution is 2.28. The van der Waals surface area contributed by atoms with Gasteiger partial charge in [-0.05, 0) is 43.0 Å². The molecule has 1 aromatic carbocycles. The van der Waals surface area contributed by atoms with E-state index in [4.69, 9.17) is 14.7 Å². The lowest BCUT2D eigenvalue weighted by Crippen LogP contribution is -2.28. The molecule has 0 amide bonds. The van der Waals surface area contributed by atoms with Crippen LogP contribution in [0.3, 0.4) is 0 Å². The summed E-state index contributed by atoms with van der Waals surface area (Å²) >= 11 is 0. The Hall–Kier alpha value is -1.53. The molecule has 0 N–H and O–H groups in total. The number of ether oxygens (including phenoxy) is 2. The highest BCUT2D eigenvalue weighted by molar-refractivity contribution is 5.34. The fourth-order valence-electron chi connectivity index (χ4n) is 2.84. The minimum Gasteiger partial charge on any atom is -0.491 e. The third-order valence-electron chi connectivity index (χ3n) is 4.03. The highest BCUT2D eigenvalue weighted by Gasteiger charge is 2.23. The summed E-state index contributed by atoms with van der Waals surface area (Å²) in [4.78, 5) is 0. The monoisotopic (exact) mass is 273 g/mol. The van der Waals surface area contributed by atoms with Crippen LogP contribution in [0.15, 0.2) is 24.3 Å². The molecule has 0 spiro atoms. The van der Waals surface area contributed by atoms with E-state index in [9.17, 15) is 0 Å². The van der Waals surface area contributed by atoms with Crippen LogP contribution in [0.25, 0.3) is 0 Å². The van der Waals surface area contributed by atoms with E-state index in [1.165, 1.54) is 32.1 Å². The molecular formula is C17H23NO2. The largest absolute Gasteiger partial charge is 0.491 e. The lowest BCUT2D eigenvalue weighted by atomic mass is 9.85. The molecule has 1 aliphatic rings. The molecule has 3 heteroatoms. The summed E-state index contributed by atoms with van der Waals surface area (Å²) in [6, 6.07) is 9.29. The lowest BCUT2D eigenvalue weighted by molar-refractivity contribution is -0.0228. The van der Waals surface area contributed by atoms with Gasteiger partial charge in [-0.3, -0.25) is 0 Å². The second-order valence-electron chi connectivity index (χ2n) is 5.35. The summed E-state index contributed by atoms with van der Waals surface area (Å²) < 4.78 is 11.6. The van der Waals surface area contributed by atoms with Gasteiger partial charge in [-0.1, -0.05) is 26.2 Å². The minimum absolute atomic E-state index is 0.415. The number of rotatable bonds is 6. The van der Waals surface area contributed by atoms with Gasteiger partial charge >= 0.3 is 0 Å². The van der Waals surface area contributed by atoms with Gasteiger partial charge in [0.25, 0.3) is 0 Å². The Bertz CT molecular complexity index is 435. The predicted octanol–water partition coefficient (Wildman–Crippen LogP) is 3.92. The van der Waals surface area contributed by atoms with Gasteiger partial charge in [-0.2, -0.15) is 5.26 Å². The van der Waals surface area contributed by atoms with Crippen LogP contribution in [0.2, 0.25) is 0 Å². The van der Waals surface area contributed by atoms with Crippen molar-refractivity contribution in [2.45, 2.75) is 45.1 Å². The summed E-state index contributed by atoms with van der Waals surface area (Å²) in [5, 5.41) is 8.72. The van der Waals surface area contributed by atoms with E-state index in [0.29, 0.717) is 24.9 Å². The van der Waals surface area contributed by atoms with Gasteiger partial charge in [-0.25, -0.2) is 0 Å². The molecule has 0 bridgehead atoms. The van der Waals surface area contributed by atoms with Crippen molar-refractivity contribution in [3.8, 4) is 11.8 Å². The van der Waals surface area contributed by atoms with E-state index < -0.39 is 0 Å². The number of benzene rings is 1. The van der Waals surface area contributed by atoms with E-state index in [2.05, 4.69) is 13.0 Å². The quantitative estimate of drug-likeness (QED) is 0.738. The molecular weight excluding hydrogens is 250 g/mol. The summed E-state index contributed by atoms with van der Waals surface area (Å²) in [6.45, 7) is 3.46. The minimum atomic E-state index is 0.415. The summed E-state index contributed by atoms with van der Waals surface area (Å²) in [7, 11) is 0. The molecule has 108 valence electrons. The van der Waals surface area contributed by atoms with Crippen LogP contribution in [-0.4, -0.2) is 19.3 Å². The SMILES string of the molecule is CCC1CCCCC1OCCOc1ccc(C#N)cc1. The molecule has 1 saturated carbocycles. The van der Waals surface area contributed by atoms with Crippen molar-refractivity contribution in [2.24, 2.45) is 5.92 Å². The molecule has 3 nitrogen and oxygen atoms in total. The first-order valence-corrected chi connectivity index (χ1v) is 7.58. The Morgan fingerprint density at radius 3 is 2.60 bits per heavy atom. The maximum absolute atomic E-state index is 8.72. The topological polar surface area (TPSA) is 42.2 Å². The first kappa shape index (κ1) is 14.9. The molecule has 0 heterocycles. The molecule has 1 aliphatic carbocycles. The van der Waals surface area contributed by atoms with E-state index in [-0.39, 0.29) is 0 Å². The van der Waals surface area contributed by atoms with Gasteiger partial charge in [-0.15, -0.1) is 0 Å².